The van der Waals surface area contributed by atoms with Gasteiger partial charge in [-0.25, -0.2) is 9.97 Å². The molecule has 0 aliphatic carbocycles. The fraction of sp³-hybridized carbons (Fsp3) is 0.457. The number of hydrogen-bond donors (Lipinski definition) is 2. The standard InChI is InChI=1S/C35H43BN8O3/c1-23-22-47-35-32-28(16-29(36)33(35)41-13-10-38-11-14-41)34(45)25(20-44(23)32)19-43(18-24-8-9-39-31(15-24)46-3)27-5-4-12-42(21-27)26-6-7-30(37-2)40-17-26/h6-9,15-17,20,23,27,38H,4-5,10-14,18-19,21-22H2,1-3H3,(H,37,40). The van der Waals surface area contributed by atoms with Gasteiger partial charge >= 0.3 is 0 Å². The van der Waals surface area contributed by atoms with Gasteiger partial charge in [-0.15, -0.1) is 0 Å². The van der Waals surface area contributed by atoms with E-state index in [2.05, 4.69) is 59.1 Å². The number of hydrogen-bond acceptors (Lipinski definition) is 10. The molecular formula is C35H43BN8O3. The second kappa shape index (κ2) is 13.4. The number of benzene rings is 1. The van der Waals surface area contributed by atoms with E-state index in [4.69, 9.17) is 17.3 Å². The molecule has 0 amide bonds. The van der Waals surface area contributed by atoms with Crippen molar-refractivity contribution in [3.8, 4) is 11.6 Å². The molecule has 244 valence electrons. The van der Waals surface area contributed by atoms with Crippen molar-refractivity contribution < 1.29 is 9.47 Å². The zero-order valence-electron chi connectivity index (χ0n) is 27.5. The fourth-order valence-corrected chi connectivity index (χ4v) is 7.28. The van der Waals surface area contributed by atoms with Crippen LogP contribution in [0.25, 0.3) is 10.9 Å². The summed E-state index contributed by atoms with van der Waals surface area (Å²) in [5.41, 5.74) is 5.28. The van der Waals surface area contributed by atoms with Gasteiger partial charge in [-0.05, 0) is 43.5 Å². The van der Waals surface area contributed by atoms with Crippen LogP contribution in [0.4, 0.5) is 17.2 Å². The number of nitrogens with zero attached hydrogens (tertiary/aromatic N) is 6. The maximum absolute atomic E-state index is 14.4. The molecule has 3 aromatic heterocycles. The maximum atomic E-state index is 14.4. The smallest absolute Gasteiger partial charge is 0.213 e. The zero-order valence-corrected chi connectivity index (χ0v) is 27.5. The number of aromatic nitrogens is 3. The Balaban J connectivity index is 1.27. The fourth-order valence-electron chi connectivity index (χ4n) is 7.28. The topological polar surface area (TPSA) is 100 Å². The number of rotatable bonds is 9. The van der Waals surface area contributed by atoms with Crippen LogP contribution in [0.2, 0.25) is 0 Å². The molecule has 2 N–H and O–H groups in total. The minimum absolute atomic E-state index is 0.00518. The summed E-state index contributed by atoms with van der Waals surface area (Å²) in [6.45, 7) is 9.06. The van der Waals surface area contributed by atoms with Crippen LogP contribution in [0.5, 0.6) is 11.6 Å². The summed E-state index contributed by atoms with van der Waals surface area (Å²) < 4.78 is 14.1. The summed E-state index contributed by atoms with van der Waals surface area (Å²) in [5.74, 6) is 2.15. The quantitative estimate of drug-likeness (QED) is 0.268. The van der Waals surface area contributed by atoms with E-state index in [1.165, 1.54) is 0 Å². The van der Waals surface area contributed by atoms with Gasteiger partial charge in [0.05, 0.1) is 36.2 Å². The van der Waals surface area contributed by atoms with Crippen molar-refractivity contribution in [2.24, 2.45) is 0 Å². The third-order valence-electron chi connectivity index (χ3n) is 9.77. The molecule has 47 heavy (non-hydrogen) atoms. The molecule has 3 aliphatic heterocycles. The lowest BCUT2D eigenvalue weighted by molar-refractivity contribution is 0.157. The second-order valence-corrected chi connectivity index (χ2v) is 12.8. The highest BCUT2D eigenvalue weighted by Gasteiger charge is 2.31. The van der Waals surface area contributed by atoms with Crippen molar-refractivity contribution in [1.82, 2.24) is 24.8 Å². The van der Waals surface area contributed by atoms with Gasteiger partial charge in [0.1, 0.15) is 20.3 Å². The highest BCUT2D eigenvalue weighted by atomic mass is 16.5. The molecule has 3 aliphatic rings. The van der Waals surface area contributed by atoms with Gasteiger partial charge < -0.3 is 34.5 Å². The summed E-state index contributed by atoms with van der Waals surface area (Å²) in [5, 5.41) is 7.13. The summed E-state index contributed by atoms with van der Waals surface area (Å²) in [6.07, 6.45) is 7.86. The highest BCUT2D eigenvalue weighted by molar-refractivity contribution is 6.37. The van der Waals surface area contributed by atoms with E-state index in [0.29, 0.717) is 36.4 Å². The molecular weight excluding hydrogens is 591 g/mol. The largest absolute Gasteiger partial charge is 0.487 e. The number of nitrogens with one attached hydrogen (secondary N) is 2. The second-order valence-electron chi connectivity index (χ2n) is 12.8. The van der Waals surface area contributed by atoms with Crippen LogP contribution >= 0.6 is 0 Å². The molecule has 2 unspecified atom stereocenters. The monoisotopic (exact) mass is 634 g/mol. The van der Waals surface area contributed by atoms with Crippen molar-refractivity contribution in [3.05, 3.63) is 70.3 Å². The molecule has 4 aromatic rings. The molecule has 2 atom stereocenters. The number of pyridine rings is 3. The molecule has 1 aromatic carbocycles. The summed E-state index contributed by atoms with van der Waals surface area (Å²) >= 11 is 0. The summed E-state index contributed by atoms with van der Waals surface area (Å²) in [7, 11) is 10.2. The first-order valence-electron chi connectivity index (χ1n) is 16.6. The third kappa shape index (κ3) is 6.24. The number of piperazine rings is 1. The lowest BCUT2D eigenvalue weighted by atomic mass is 9.89. The number of piperidine rings is 1. The van der Waals surface area contributed by atoms with E-state index in [0.717, 1.165) is 91.7 Å². The molecule has 2 saturated heterocycles. The van der Waals surface area contributed by atoms with E-state index < -0.39 is 0 Å². The molecule has 0 bridgehead atoms. The van der Waals surface area contributed by atoms with Gasteiger partial charge in [0, 0.05) is 94.9 Å². The Kier molecular flexibility index (Phi) is 8.96. The summed E-state index contributed by atoms with van der Waals surface area (Å²) in [4.78, 5) is 30.4. The third-order valence-corrected chi connectivity index (χ3v) is 9.77. The predicted molar refractivity (Wildman–Crippen MR) is 188 cm³/mol. The van der Waals surface area contributed by atoms with E-state index >= 15 is 0 Å². The first-order valence-corrected chi connectivity index (χ1v) is 16.6. The minimum atomic E-state index is 0.00518. The Hall–Kier alpha value is -4.29. The maximum Gasteiger partial charge on any atom is 0.213 e. The zero-order chi connectivity index (χ0) is 32.5. The molecule has 2 fully saturated rings. The highest BCUT2D eigenvalue weighted by Crippen LogP contribution is 2.39. The van der Waals surface area contributed by atoms with E-state index in [1.54, 1.807) is 13.3 Å². The number of ether oxygens (including phenoxy) is 2. The van der Waals surface area contributed by atoms with Gasteiger partial charge in [-0.2, -0.15) is 0 Å². The molecule has 11 nitrogen and oxygen atoms in total. The Labute approximate surface area is 277 Å². The number of methoxy groups -OCH3 is 1. The SMILES string of the molecule is [B]c1cc2c(=O)c(CN(Cc3ccnc(OC)c3)C3CCCN(c4ccc(NC)nc4)C3)cn3c2c(c1N1CCNCC1)OCC3C. The van der Waals surface area contributed by atoms with Crippen molar-refractivity contribution in [1.29, 1.82) is 0 Å². The van der Waals surface area contributed by atoms with Crippen LogP contribution in [-0.4, -0.2) is 93.4 Å². The van der Waals surface area contributed by atoms with Gasteiger partial charge in [0.25, 0.3) is 0 Å². The average Bonchev–Trinajstić information content (AvgIpc) is 3.11. The van der Waals surface area contributed by atoms with Crippen LogP contribution in [-0.2, 0) is 13.1 Å². The van der Waals surface area contributed by atoms with Crippen molar-refractivity contribution >= 4 is 41.4 Å². The van der Waals surface area contributed by atoms with Crippen molar-refractivity contribution in [2.45, 2.75) is 44.9 Å². The van der Waals surface area contributed by atoms with Crippen molar-refractivity contribution in [2.75, 3.05) is 75.1 Å². The van der Waals surface area contributed by atoms with Crippen LogP contribution in [0, 0.1) is 0 Å². The first-order chi connectivity index (χ1) is 22.9. The van der Waals surface area contributed by atoms with Crippen molar-refractivity contribution in [3.63, 3.8) is 0 Å². The van der Waals surface area contributed by atoms with Crippen LogP contribution in [0.1, 0.15) is 36.9 Å². The van der Waals surface area contributed by atoms with Gasteiger partial charge in [0.15, 0.2) is 11.2 Å². The Morgan fingerprint density at radius 3 is 2.74 bits per heavy atom. The van der Waals surface area contributed by atoms with E-state index in [9.17, 15) is 4.79 Å². The van der Waals surface area contributed by atoms with Crippen LogP contribution in [0.15, 0.2) is 53.7 Å². The molecule has 6 heterocycles. The van der Waals surface area contributed by atoms with E-state index in [1.807, 2.05) is 37.5 Å². The molecule has 2 radical (unpaired) electrons. The molecule has 12 heteroatoms. The first kappa shape index (κ1) is 31.3. The van der Waals surface area contributed by atoms with Crippen LogP contribution < -0.4 is 40.8 Å². The minimum Gasteiger partial charge on any atom is -0.487 e. The van der Waals surface area contributed by atoms with E-state index in [-0.39, 0.29) is 17.5 Å². The van der Waals surface area contributed by atoms with Gasteiger partial charge in [-0.3, -0.25) is 9.69 Å². The van der Waals surface area contributed by atoms with Crippen LogP contribution in [0.3, 0.4) is 0 Å². The van der Waals surface area contributed by atoms with Gasteiger partial charge in [-0.1, -0.05) is 11.5 Å². The molecule has 0 spiro atoms. The Morgan fingerprint density at radius 2 is 1.98 bits per heavy atom. The normalized spacial score (nSPS) is 19.6. The Bertz CT molecular complexity index is 1790. The molecule has 0 saturated carbocycles. The number of anilines is 3. The lowest BCUT2D eigenvalue weighted by Crippen LogP contribution is -2.48. The Morgan fingerprint density at radius 1 is 1.13 bits per heavy atom. The predicted octanol–water partition coefficient (Wildman–Crippen LogP) is 2.67. The van der Waals surface area contributed by atoms with Gasteiger partial charge in [0.2, 0.25) is 5.88 Å². The summed E-state index contributed by atoms with van der Waals surface area (Å²) in [6, 6.07) is 10.3. The average molecular weight is 635 g/mol. The lowest BCUT2D eigenvalue weighted by Gasteiger charge is -2.40. The molecule has 7 rings (SSSR count).